The van der Waals surface area contributed by atoms with Gasteiger partial charge >= 0.3 is 0 Å². The van der Waals surface area contributed by atoms with Crippen molar-refractivity contribution in [3.8, 4) is 5.75 Å². The third-order valence-corrected chi connectivity index (χ3v) is 5.92. The second-order valence-corrected chi connectivity index (χ2v) is 8.62. The number of hydrogen-bond acceptors (Lipinski definition) is 4. The molecule has 0 heterocycles. The fraction of sp³-hybridized carbons (Fsp3) is 0.316. The normalized spacial score (nSPS) is 11.1. The molecular weight excluding hydrogens is 432 g/mol. The van der Waals surface area contributed by atoms with Crippen molar-refractivity contribution in [3.63, 3.8) is 0 Å². The Bertz CT molecular complexity index is 898. The van der Waals surface area contributed by atoms with Gasteiger partial charge in [-0.05, 0) is 48.9 Å². The molecule has 27 heavy (non-hydrogen) atoms. The Morgan fingerprint density at radius 3 is 2.44 bits per heavy atom. The van der Waals surface area contributed by atoms with E-state index >= 15 is 0 Å². The molecule has 2 aromatic rings. The highest BCUT2D eigenvalue weighted by molar-refractivity contribution is 9.10. The lowest BCUT2D eigenvalue weighted by molar-refractivity contribution is 0.0793. The van der Waals surface area contributed by atoms with Gasteiger partial charge in [0.1, 0.15) is 10.6 Å². The summed E-state index contributed by atoms with van der Waals surface area (Å²) < 4.78 is 34.3. The summed E-state index contributed by atoms with van der Waals surface area (Å²) in [5, 5.41) is 0. The van der Waals surface area contributed by atoms with Crippen molar-refractivity contribution < 1.29 is 17.9 Å². The van der Waals surface area contributed by atoms with Crippen LogP contribution in [0.1, 0.15) is 30.1 Å². The van der Waals surface area contributed by atoms with Gasteiger partial charge in [-0.2, -0.15) is 0 Å². The molecule has 2 aromatic carbocycles. The van der Waals surface area contributed by atoms with Crippen LogP contribution in [0.25, 0.3) is 0 Å². The summed E-state index contributed by atoms with van der Waals surface area (Å²) in [4.78, 5) is 14.1. The van der Waals surface area contributed by atoms with Crippen molar-refractivity contribution in [2.45, 2.75) is 24.7 Å². The predicted octanol–water partition coefficient (Wildman–Crippen LogP) is 4.13. The standard InChI is InChI=1S/C19H23BrN2O4S/c1-4-5-12-22(2)19(23)14-6-11-17(26-3)18(13-14)27(24,25)21-16-9-7-15(20)8-10-16/h6-11,13,21H,4-5,12H2,1-3H3. The maximum Gasteiger partial charge on any atom is 0.265 e. The van der Waals surface area contributed by atoms with E-state index in [1.165, 1.54) is 19.2 Å². The first kappa shape index (κ1) is 21.2. The lowest BCUT2D eigenvalue weighted by Gasteiger charge is -2.18. The number of hydrogen-bond donors (Lipinski definition) is 1. The zero-order chi connectivity index (χ0) is 20.0. The number of carbonyl (C=O) groups is 1. The molecule has 6 nitrogen and oxygen atoms in total. The monoisotopic (exact) mass is 454 g/mol. The number of benzene rings is 2. The van der Waals surface area contributed by atoms with Gasteiger partial charge in [-0.3, -0.25) is 9.52 Å². The van der Waals surface area contributed by atoms with E-state index in [-0.39, 0.29) is 16.6 Å². The highest BCUT2D eigenvalue weighted by atomic mass is 79.9. The zero-order valence-corrected chi connectivity index (χ0v) is 17.9. The summed E-state index contributed by atoms with van der Waals surface area (Å²) in [6.45, 7) is 2.66. The molecule has 0 aliphatic heterocycles. The smallest absolute Gasteiger partial charge is 0.265 e. The van der Waals surface area contributed by atoms with Crippen LogP contribution in [0, 0.1) is 0 Å². The lowest BCUT2D eigenvalue weighted by Crippen LogP contribution is -2.28. The number of nitrogens with zero attached hydrogens (tertiary/aromatic N) is 1. The van der Waals surface area contributed by atoms with E-state index in [2.05, 4.69) is 20.7 Å². The van der Waals surface area contributed by atoms with Crippen molar-refractivity contribution in [1.29, 1.82) is 0 Å². The van der Waals surface area contributed by atoms with Gasteiger partial charge in [0.25, 0.3) is 15.9 Å². The fourth-order valence-electron chi connectivity index (χ4n) is 2.47. The van der Waals surface area contributed by atoms with E-state index in [1.807, 2.05) is 6.92 Å². The number of ether oxygens (including phenoxy) is 1. The lowest BCUT2D eigenvalue weighted by atomic mass is 10.2. The molecule has 1 amide bonds. The topological polar surface area (TPSA) is 75.7 Å². The summed E-state index contributed by atoms with van der Waals surface area (Å²) in [6.07, 6.45) is 1.85. The molecular formula is C19H23BrN2O4S. The molecule has 0 bridgehead atoms. The minimum Gasteiger partial charge on any atom is -0.495 e. The molecule has 0 aromatic heterocycles. The zero-order valence-electron chi connectivity index (χ0n) is 15.5. The van der Waals surface area contributed by atoms with Gasteiger partial charge < -0.3 is 9.64 Å². The first-order valence-corrected chi connectivity index (χ1v) is 10.8. The van der Waals surface area contributed by atoms with Crippen LogP contribution in [0.2, 0.25) is 0 Å². The van der Waals surface area contributed by atoms with Crippen molar-refractivity contribution >= 4 is 37.5 Å². The molecule has 0 saturated carbocycles. The second-order valence-electron chi connectivity index (χ2n) is 6.06. The number of sulfonamides is 1. The third kappa shape index (κ3) is 5.46. The van der Waals surface area contributed by atoms with Gasteiger partial charge in [-0.1, -0.05) is 29.3 Å². The molecule has 0 aliphatic carbocycles. The van der Waals surface area contributed by atoms with Crippen LogP contribution in [0.4, 0.5) is 5.69 Å². The summed E-state index contributed by atoms with van der Waals surface area (Å²) in [5.74, 6) is -0.0569. The van der Waals surface area contributed by atoms with Crippen LogP contribution in [0.3, 0.4) is 0 Å². The van der Waals surface area contributed by atoms with E-state index < -0.39 is 10.0 Å². The molecule has 0 unspecified atom stereocenters. The SMILES string of the molecule is CCCCN(C)C(=O)c1ccc(OC)c(S(=O)(=O)Nc2ccc(Br)cc2)c1. The maximum atomic E-state index is 12.9. The van der Waals surface area contributed by atoms with Gasteiger partial charge in [0.15, 0.2) is 0 Å². The van der Waals surface area contributed by atoms with Gasteiger partial charge in [-0.15, -0.1) is 0 Å². The number of unbranched alkanes of at least 4 members (excludes halogenated alkanes) is 1. The Morgan fingerprint density at radius 2 is 1.85 bits per heavy atom. The first-order valence-electron chi connectivity index (χ1n) is 8.50. The van der Waals surface area contributed by atoms with Crippen LogP contribution < -0.4 is 9.46 Å². The Hall–Kier alpha value is -2.06. The quantitative estimate of drug-likeness (QED) is 0.650. The fourth-order valence-corrected chi connectivity index (χ4v) is 3.98. The van der Waals surface area contributed by atoms with Gasteiger partial charge in [-0.25, -0.2) is 8.42 Å². The number of carbonyl (C=O) groups excluding carboxylic acids is 1. The number of methoxy groups -OCH3 is 1. The number of nitrogens with one attached hydrogen (secondary N) is 1. The van der Waals surface area contributed by atoms with Gasteiger partial charge in [0, 0.05) is 29.3 Å². The van der Waals surface area contributed by atoms with Gasteiger partial charge in [0.2, 0.25) is 0 Å². The molecule has 0 radical (unpaired) electrons. The van der Waals surface area contributed by atoms with Crippen LogP contribution in [0.5, 0.6) is 5.75 Å². The van der Waals surface area contributed by atoms with Crippen molar-refractivity contribution in [2.75, 3.05) is 25.4 Å². The Morgan fingerprint density at radius 1 is 1.19 bits per heavy atom. The third-order valence-electron chi connectivity index (χ3n) is 3.99. The predicted molar refractivity (Wildman–Crippen MR) is 110 cm³/mol. The van der Waals surface area contributed by atoms with E-state index in [9.17, 15) is 13.2 Å². The second kappa shape index (κ2) is 9.23. The average molecular weight is 455 g/mol. The number of anilines is 1. The Kier molecular flexibility index (Phi) is 7.26. The maximum absolute atomic E-state index is 12.9. The molecule has 146 valence electrons. The molecule has 0 atom stereocenters. The summed E-state index contributed by atoms with van der Waals surface area (Å²) >= 11 is 3.31. The number of amides is 1. The van der Waals surface area contributed by atoms with Crippen molar-refractivity contribution in [1.82, 2.24) is 4.90 Å². The molecule has 8 heteroatoms. The highest BCUT2D eigenvalue weighted by Crippen LogP contribution is 2.28. The first-order chi connectivity index (χ1) is 12.8. The summed E-state index contributed by atoms with van der Waals surface area (Å²) in [7, 11) is -0.832. The van der Waals surface area contributed by atoms with E-state index in [4.69, 9.17) is 4.74 Å². The minimum atomic E-state index is -3.93. The Labute approximate surface area is 168 Å². The summed E-state index contributed by atoms with van der Waals surface area (Å²) in [5.41, 5.74) is 0.711. The molecule has 2 rings (SSSR count). The summed E-state index contributed by atoms with van der Waals surface area (Å²) in [6, 6.07) is 11.2. The number of halogens is 1. The van der Waals surface area contributed by atoms with Crippen LogP contribution in [-0.2, 0) is 10.0 Å². The van der Waals surface area contributed by atoms with E-state index in [1.54, 1.807) is 42.3 Å². The molecule has 0 aliphatic rings. The minimum absolute atomic E-state index is 0.0809. The molecule has 1 N–H and O–H groups in total. The van der Waals surface area contributed by atoms with Crippen LogP contribution >= 0.6 is 15.9 Å². The van der Waals surface area contributed by atoms with Crippen LogP contribution in [0.15, 0.2) is 51.8 Å². The van der Waals surface area contributed by atoms with Crippen LogP contribution in [-0.4, -0.2) is 39.9 Å². The van der Waals surface area contributed by atoms with E-state index in [0.29, 0.717) is 17.8 Å². The van der Waals surface area contributed by atoms with Crippen molar-refractivity contribution in [2.24, 2.45) is 0 Å². The highest BCUT2D eigenvalue weighted by Gasteiger charge is 2.23. The van der Waals surface area contributed by atoms with Gasteiger partial charge in [0.05, 0.1) is 7.11 Å². The largest absolute Gasteiger partial charge is 0.495 e. The average Bonchev–Trinajstić information content (AvgIpc) is 2.66. The molecule has 0 spiro atoms. The molecule has 0 saturated heterocycles. The van der Waals surface area contributed by atoms with E-state index in [0.717, 1.165) is 17.3 Å². The molecule has 0 fully saturated rings. The Balaban J connectivity index is 2.36. The van der Waals surface area contributed by atoms with Crippen molar-refractivity contribution in [3.05, 3.63) is 52.5 Å². The number of rotatable bonds is 8.